The highest BCUT2D eigenvalue weighted by Crippen LogP contribution is 2.67. The van der Waals surface area contributed by atoms with Crippen LogP contribution in [0.3, 0.4) is 0 Å². The second kappa shape index (κ2) is 18.6. The first-order chi connectivity index (χ1) is 27.0. The second-order valence-electron chi connectivity index (χ2n) is 21.8. The van der Waals surface area contributed by atoms with Crippen molar-refractivity contribution in [1.29, 1.82) is 0 Å². The van der Waals surface area contributed by atoms with Crippen LogP contribution in [0.4, 0.5) is 0 Å². The molecule has 6 nitrogen and oxygen atoms in total. The van der Waals surface area contributed by atoms with Gasteiger partial charge in [-0.3, -0.25) is 9.79 Å². The molecule has 1 heterocycles. The van der Waals surface area contributed by atoms with Crippen LogP contribution in [0.25, 0.3) is 0 Å². The van der Waals surface area contributed by atoms with E-state index in [1.807, 2.05) is 46.0 Å². The second-order valence-corrected chi connectivity index (χ2v) is 21.8. The summed E-state index contributed by atoms with van der Waals surface area (Å²) in [6, 6.07) is 8.28. The number of hydroxylamine groups is 2. The fourth-order valence-electron chi connectivity index (χ4n) is 13.2. The normalized spacial score (nSPS) is 33.0. The van der Waals surface area contributed by atoms with E-state index in [0.717, 1.165) is 105 Å². The van der Waals surface area contributed by atoms with Crippen LogP contribution < -0.4 is 4.74 Å². The van der Waals surface area contributed by atoms with Gasteiger partial charge in [-0.2, -0.15) is 0 Å². The van der Waals surface area contributed by atoms with Crippen molar-refractivity contribution < 1.29 is 19.5 Å². The molecule has 0 N–H and O–H groups in total. The number of unbranched alkanes of at least 4 members (excludes halogenated alkanes) is 4. The van der Waals surface area contributed by atoms with Gasteiger partial charge in [0.2, 0.25) is 0 Å². The van der Waals surface area contributed by atoms with Gasteiger partial charge in [0.25, 0.3) is 0 Å². The molecule has 6 rings (SSSR count). The lowest BCUT2D eigenvalue weighted by molar-refractivity contribution is -0.288. The van der Waals surface area contributed by atoms with Gasteiger partial charge in [0.1, 0.15) is 11.9 Å². The number of piperidine rings is 1. The summed E-state index contributed by atoms with van der Waals surface area (Å²) >= 11 is 0. The van der Waals surface area contributed by atoms with Crippen LogP contribution in [0.2, 0.25) is 0 Å². The molecule has 0 bridgehead atoms. The molecule has 4 fully saturated rings. The van der Waals surface area contributed by atoms with E-state index >= 15 is 0 Å². The molecule has 5 aliphatic rings. The van der Waals surface area contributed by atoms with E-state index in [1.54, 1.807) is 5.57 Å². The highest BCUT2D eigenvalue weighted by Gasteiger charge is 2.59. The van der Waals surface area contributed by atoms with Gasteiger partial charge >= 0.3 is 5.97 Å². The number of esters is 1. The van der Waals surface area contributed by atoms with Crippen molar-refractivity contribution >= 4 is 12.2 Å². The Hall–Kier alpha value is -2.18. The minimum atomic E-state index is -0.410. The molecule has 3 saturated carbocycles. The Morgan fingerprint density at radius 1 is 0.842 bits per heavy atom. The van der Waals surface area contributed by atoms with E-state index in [1.165, 1.54) is 62.9 Å². The quantitative estimate of drug-likeness (QED) is 0.0682. The summed E-state index contributed by atoms with van der Waals surface area (Å²) in [4.78, 5) is 17.8. The van der Waals surface area contributed by atoms with Gasteiger partial charge in [-0.15, -0.1) is 10.3 Å². The molecular weight excluding hydrogens is 705 g/mol. The molecule has 1 aromatic rings. The number of carbonyl (C=O) groups excluding carboxylic acids is 1. The van der Waals surface area contributed by atoms with Crippen LogP contribution >= 0.6 is 0 Å². The Kier molecular flexibility index (Phi) is 14.5. The molecular formula is C51H81N2O4. The summed E-state index contributed by atoms with van der Waals surface area (Å²) < 4.78 is 12.2. The zero-order valence-electron chi connectivity index (χ0n) is 37.8. The number of nitrogens with zero attached hydrogens (tertiary/aromatic N) is 2. The summed E-state index contributed by atoms with van der Waals surface area (Å²) in [6.45, 7) is 21.4. The zero-order valence-corrected chi connectivity index (χ0v) is 37.8. The van der Waals surface area contributed by atoms with Crippen LogP contribution in [0.15, 0.2) is 40.9 Å². The number of carbonyl (C=O) groups is 1. The lowest BCUT2D eigenvalue weighted by Gasteiger charge is -2.58. The number of fused-ring (bicyclic) bond motifs is 5. The average Bonchev–Trinajstić information content (AvgIpc) is 3.51. The number of ether oxygens (including phenoxy) is 2. The summed E-state index contributed by atoms with van der Waals surface area (Å²) in [7, 11) is 0. The predicted molar refractivity (Wildman–Crippen MR) is 234 cm³/mol. The van der Waals surface area contributed by atoms with Crippen LogP contribution in [0.1, 0.15) is 190 Å². The maximum absolute atomic E-state index is 12.9. The molecule has 0 amide bonds. The molecule has 4 aliphatic carbocycles. The molecule has 1 aliphatic heterocycles. The highest BCUT2D eigenvalue weighted by atomic mass is 16.5. The monoisotopic (exact) mass is 786 g/mol. The molecule has 1 saturated heterocycles. The molecule has 6 heteroatoms. The first kappa shape index (κ1) is 44.4. The molecule has 0 unspecified atom stereocenters. The van der Waals surface area contributed by atoms with E-state index in [-0.39, 0.29) is 18.1 Å². The molecule has 319 valence electrons. The minimum absolute atomic E-state index is 0.00295. The van der Waals surface area contributed by atoms with E-state index in [0.29, 0.717) is 23.9 Å². The third-order valence-corrected chi connectivity index (χ3v) is 16.2. The maximum atomic E-state index is 12.9. The number of hydrogen-bond acceptors (Lipinski definition) is 5. The summed E-state index contributed by atoms with van der Waals surface area (Å²) in [5, 5.41) is 13.9. The summed E-state index contributed by atoms with van der Waals surface area (Å²) in [6.07, 6.45) is 26.2. The highest BCUT2D eigenvalue weighted by molar-refractivity contribution is 5.79. The Bertz CT molecular complexity index is 1510. The van der Waals surface area contributed by atoms with Gasteiger partial charge in [-0.1, -0.05) is 84.8 Å². The lowest BCUT2D eigenvalue weighted by Crippen LogP contribution is -2.59. The standard InChI is InChI=1S/C51H81N2O4/c1-36(2)16-15-17-37(3)44-25-26-45-43-24-21-39-32-42(27-29-50(39,8)46(43)28-30-51(44,45)9)57-47(54)18-13-11-10-12-14-31-56-41-22-19-38(20-23-41)35-52-40-33-48(4,5)53(55)49(6,7)34-40/h19-23,35-37,40,42-46H,10-18,24-34H2,1-9H3/t37-,42+,43+,44-,45+,46+,50+,51-/m1/s1. The van der Waals surface area contributed by atoms with Crippen molar-refractivity contribution in [1.82, 2.24) is 5.06 Å². The van der Waals surface area contributed by atoms with Crippen LogP contribution in [0, 0.1) is 46.3 Å². The van der Waals surface area contributed by atoms with E-state index in [4.69, 9.17) is 14.5 Å². The van der Waals surface area contributed by atoms with Crippen LogP contribution in [0.5, 0.6) is 5.75 Å². The van der Waals surface area contributed by atoms with Crippen molar-refractivity contribution in [2.45, 2.75) is 208 Å². The molecule has 57 heavy (non-hydrogen) atoms. The van der Waals surface area contributed by atoms with Crippen molar-refractivity contribution in [2.75, 3.05) is 6.61 Å². The van der Waals surface area contributed by atoms with Gasteiger partial charge in [0.05, 0.1) is 12.6 Å². The van der Waals surface area contributed by atoms with E-state index in [9.17, 15) is 10.0 Å². The Balaban J connectivity index is 0.848. The third kappa shape index (κ3) is 10.4. The molecule has 0 spiro atoms. The van der Waals surface area contributed by atoms with Crippen LogP contribution in [-0.4, -0.2) is 47.1 Å². The van der Waals surface area contributed by atoms with Crippen molar-refractivity contribution in [3.05, 3.63) is 41.5 Å². The first-order valence-corrected chi connectivity index (χ1v) is 23.6. The largest absolute Gasteiger partial charge is 0.494 e. The van der Waals surface area contributed by atoms with Gasteiger partial charge in [0.15, 0.2) is 0 Å². The van der Waals surface area contributed by atoms with Gasteiger partial charge in [-0.25, -0.2) is 0 Å². The number of rotatable bonds is 17. The van der Waals surface area contributed by atoms with Crippen molar-refractivity contribution in [2.24, 2.45) is 51.3 Å². The van der Waals surface area contributed by atoms with Gasteiger partial charge in [-0.05, 0) is 174 Å². The Morgan fingerprint density at radius 3 is 2.26 bits per heavy atom. The van der Waals surface area contributed by atoms with Crippen molar-refractivity contribution in [3.8, 4) is 5.75 Å². The maximum Gasteiger partial charge on any atom is 0.306 e. The molecule has 1 radical (unpaired) electrons. The van der Waals surface area contributed by atoms with Gasteiger partial charge in [0, 0.05) is 30.1 Å². The fraction of sp³-hybridized carbons (Fsp3) is 0.804. The van der Waals surface area contributed by atoms with E-state index in [2.05, 4.69) is 52.8 Å². The predicted octanol–water partition coefficient (Wildman–Crippen LogP) is 13.1. The minimum Gasteiger partial charge on any atom is -0.494 e. The smallest absolute Gasteiger partial charge is 0.306 e. The Morgan fingerprint density at radius 2 is 1.54 bits per heavy atom. The Labute approximate surface area is 348 Å². The van der Waals surface area contributed by atoms with E-state index < -0.39 is 11.1 Å². The zero-order chi connectivity index (χ0) is 41.0. The number of hydrogen-bond donors (Lipinski definition) is 0. The fourth-order valence-corrected chi connectivity index (χ4v) is 13.2. The SMILES string of the molecule is CC(C)CCC[C@@H](C)[C@H]1CC[C@H]2[C@@H]3CC=C4C[C@@H](OC(=O)CCCCCCCOc5ccc(C=NC6CC(C)(C)N([O])C(C)(C)C6)cc5)CC[C@]4(C)[C@H]3CC[C@]12C. The summed E-state index contributed by atoms with van der Waals surface area (Å²) in [5.41, 5.74) is 2.67. The summed E-state index contributed by atoms with van der Waals surface area (Å²) in [5.74, 6) is 6.00. The topological polar surface area (TPSA) is 71.0 Å². The number of benzene rings is 1. The first-order valence-electron chi connectivity index (χ1n) is 23.6. The molecule has 8 atom stereocenters. The van der Waals surface area contributed by atoms with Crippen molar-refractivity contribution in [3.63, 3.8) is 0 Å². The average molecular weight is 786 g/mol. The lowest BCUT2D eigenvalue weighted by atomic mass is 9.47. The van der Waals surface area contributed by atoms with Gasteiger partial charge < -0.3 is 9.47 Å². The number of aliphatic imine (C=N–C) groups is 1. The third-order valence-electron chi connectivity index (χ3n) is 16.2. The van der Waals surface area contributed by atoms with Crippen LogP contribution in [-0.2, 0) is 14.7 Å². The molecule has 0 aromatic heterocycles. The number of allylic oxidation sites excluding steroid dienone is 1. The molecule has 1 aromatic carbocycles.